The van der Waals surface area contributed by atoms with Crippen LogP contribution >= 0.6 is 0 Å². The fourth-order valence-corrected chi connectivity index (χ4v) is 3.10. The minimum atomic E-state index is -3.51. The average Bonchev–Trinajstić information content (AvgIpc) is 2.39. The minimum absolute atomic E-state index is 0.197. The Labute approximate surface area is 115 Å². The van der Waals surface area contributed by atoms with Crippen LogP contribution < -0.4 is 10.0 Å². The summed E-state index contributed by atoms with van der Waals surface area (Å²) in [5.74, 6) is 0.676. The van der Waals surface area contributed by atoms with Crippen LogP contribution in [0.4, 0.5) is 5.82 Å². The van der Waals surface area contributed by atoms with Crippen molar-refractivity contribution in [3.63, 3.8) is 0 Å². The van der Waals surface area contributed by atoms with E-state index in [4.69, 9.17) is 0 Å². The van der Waals surface area contributed by atoms with Crippen LogP contribution in [0.15, 0.2) is 23.2 Å². The molecule has 0 aliphatic rings. The maximum Gasteiger partial charge on any atom is 0.242 e. The van der Waals surface area contributed by atoms with Crippen molar-refractivity contribution in [2.75, 3.05) is 11.9 Å². The van der Waals surface area contributed by atoms with E-state index in [1.165, 1.54) is 6.20 Å². The Bertz CT molecular complexity index is 493. The van der Waals surface area contributed by atoms with Gasteiger partial charge in [-0.2, -0.15) is 0 Å². The lowest BCUT2D eigenvalue weighted by Crippen LogP contribution is -2.44. The Morgan fingerprint density at radius 1 is 1.21 bits per heavy atom. The first kappa shape index (κ1) is 15.9. The number of nitrogens with zero attached hydrogens (tertiary/aromatic N) is 1. The molecule has 0 saturated carbocycles. The summed E-state index contributed by atoms with van der Waals surface area (Å²) < 4.78 is 27.3. The van der Waals surface area contributed by atoms with Crippen LogP contribution in [0.5, 0.6) is 0 Å². The standard InChI is InChI=1S/C13H23N3O2S/c1-5-13(4,6-2)16-19(17,18)11-8-9-12(14-7-3)15-10-11/h8-10,16H,5-7H2,1-4H3,(H,14,15). The van der Waals surface area contributed by atoms with Gasteiger partial charge in [0.1, 0.15) is 10.7 Å². The van der Waals surface area contributed by atoms with E-state index in [-0.39, 0.29) is 4.90 Å². The van der Waals surface area contributed by atoms with Crippen LogP contribution in [0, 0.1) is 0 Å². The molecule has 1 heterocycles. The van der Waals surface area contributed by atoms with Crippen molar-refractivity contribution in [3.8, 4) is 0 Å². The fraction of sp³-hybridized carbons (Fsp3) is 0.615. The molecule has 1 rings (SSSR count). The van der Waals surface area contributed by atoms with Gasteiger partial charge >= 0.3 is 0 Å². The quantitative estimate of drug-likeness (QED) is 0.807. The molecule has 2 N–H and O–H groups in total. The Morgan fingerprint density at radius 3 is 2.26 bits per heavy atom. The third-order valence-electron chi connectivity index (χ3n) is 3.35. The smallest absolute Gasteiger partial charge is 0.242 e. The van der Waals surface area contributed by atoms with E-state index < -0.39 is 15.6 Å². The summed E-state index contributed by atoms with van der Waals surface area (Å²) in [4.78, 5) is 4.28. The van der Waals surface area contributed by atoms with Gasteiger partial charge in [0.05, 0.1) is 0 Å². The molecule has 0 radical (unpaired) electrons. The summed E-state index contributed by atoms with van der Waals surface area (Å²) in [5, 5.41) is 3.03. The largest absolute Gasteiger partial charge is 0.370 e. The number of aromatic nitrogens is 1. The summed E-state index contributed by atoms with van der Waals surface area (Å²) in [6, 6.07) is 3.24. The zero-order valence-electron chi connectivity index (χ0n) is 12.0. The normalized spacial score (nSPS) is 12.4. The average molecular weight is 285 g/mol. The lowest BCUT2D eigenvalue weighted by atomic mass is 9.98. The highest BCUT2D eigenvalue weighted by molar-refractivity contribution is 7.89. The lowest BCUT2D eigenvalue weighted by Gasteiger charge is -2.27. The number of hydrogen-bond acceptors (Lipinski definition) is 4. The molecular formula is C13H23N3O2S. The highest BCUT2D eigenvalue weighted by Gasteiger charge is 2.27. The van der Waals surface area contributed by atoms with Gasteiger partial charge in [-0.15, -0.1) is 0 Å². The monoisotopic (exact) mass is 285 g/mol. The Kier molecular flexibility index (Phi) is 5.31. The molecule has 0 atom stereocenters. The summed E-state index contributed by atoms with van der Waals surface area (Å²) in [6.07, 6.45) is 2.86. The molecular weight excluding hydrogens is 262 g/mol. The molecule has 0 fully saturated rings. The molecule has 0 spiro atoms. The Hall–Kier alpha value is -1.14. The molecule has 0 saturated heterocycles. The molecule has 108 valence electrons. The number of sulfonamides is 1. The first-order valence-corrected chi connectivity index (χ1v) is 8.09. The summed E-state index contributed by atoms with van der Waals surface area (Å²) in [5.41, 5.74) is -0.417. The van der Waals surface area contributed by atoms with E-state index >= 15 is 0 Å². The molecule has 0 amide bonds. The first-order chi connectivity index (χ1) is 8.87. The molecule has 0 aromatic carbocycles. The van der Waals surface area contributed by atoms with E-state index in [9.17, 15) is 8.42 Å². The molecule has 0 bridgehead atoms. The van der Waals surface area contributed by atoms with Gasteiger partial charge in [-0.25, -0.2) is 18.1 Å². The van der Waals surface area contributed by atoms with Crippen LogP contribution in [-0.2, 0) is 10.0 Å². The summed E-state index contributed by atoms with van der Waals surface area (Å²) >= 11 is 0. The van der Waals surface area contributed by atoms with Crippen LogP contribution in [0.25, 0.3) is 0 Å². The van der Waals surface area contributed by atoms with Crippen molar-refractivity contribution >= 4 is 15.8 Å². The minimum Gasteiger partial charge on any atom is -0.370 e. The van der Waals surface area contributed by atoms with Gasteiger partial charge in [0, 0.05) is 18.3 Å². The maximum absolute atomic E-state index is 12.3. The first-order valence-electron chi connectivity index (χ1n) is 6.60. The second-order valence-electron chi connectivity index (χ2n) is 4.78. The van der Waals surface area contributed by atoms with Gasteiger partial charge in [0.25, 0.3) is 0 Å². The van der Waals surface area contributed by atoms with Gasteiger partial charge in [-0.05, 0) is 38.8 Å². The van der Waals surface area contributed by atoms with Crippen molar-refractivity contribution in [1.82, 2.24) is 9.71 Å². The predicted molar refractivity (Wildman–Crippen MR) is 77.7 cm³/mol. The zero-order chi connectivity index (χ0) is 14.5. The second-order valence-corrected chi connectivity index (χ2v) is 6.47. The molecule has 19 heavy (non-hydrogen) atoms. The van der Waals surface area contributed by atoms with E-state index in [1.807, 2.05) is 27.7 Å². The molecule has 6 heteroatoms. The van der Waals surface area contributed by atoms with Crippen LogP contribution in [0.1, 0.15) is 40.5 Å². The summed E-state index contributed by atoms with van der Waals surface area (Å²) in [6.45, 7) is 8.56. The van der Waals surface area contributed by atoms with Crippen molar-refractivity contribution < 1.29 is 8.42 Å². The maximum atomic E-state index is 12.3. The Balaban J connectivity index is 2.94. The van der Waals surface area contributed by atoms with E-state index in [2.05, 4.69) is 15.0 Å². The van der Waals surface area contributed by atoms with Crippen molar-refractivity contribution in [2.24, 2.45) is 0 Å². The van der Waals surface area contributed by atoms with Gasteiger partial charge in [0.15, 0.2) is 0 Å². The number of pyridine rings is 1. The zero-order valence-corrected chi connectivity index (χ0v) is 12.8. The van der Waals surface area contributed by atoms with Gasteiger partial charge in [0.2, 0.25) is 10.0 Å². The van der Waals surface area contributed by atoms with Gasteiger partial charge in [-0.3, -0.25) is 0 Å². The highest BCUT2D eigenvalue weighted by Crippen LogP contribution is 2.19. The molecule has 1 aromatic rings. The van der Waals surface area contributed by atoms with E-state index in [1.54, 1.807) is 12.1 Å². The number of hydrogen-bond donors (Lipinski definition) is 2. The lowest BCUT2D eigenvalue weighted by molar-refractivity contribution is 0.388. The molecule has 0 unspecified atom stereocenters. The van der Waals surface area contributed by atoms with Gasteiger partial charge in [-0.1, -0.05) is 13.8 Å². The van der Waals surface area contributed by atoms with Crippen molar-refractivity contribution in [2.45, 2.75) is 51.0 Å². The van der Waals surface area contributed by atoms with Crippen LogP contribution in [0.2, 0.25) is 0 Å². The topological polar surface area (TPSA) is 71.1 Å². The van der Waals surface area contributed by atoms with Crippen LogP contribution in [0.3, 0.4) is 0 Å². The molecule has 1 aromatic heterocycles. The second kappa shape index (κ2) is 6.34. The Morgan fingerprint density at radius 2 is 1.84 bits per heavy atom. The SMILES string of the molecule is CCNc1ccc(S(=O)(=O)NC(C)(CC)CC)cn1. The summed E-state index contributed by atoms with van der Waals surface area (Å²) in [7, 11) is -3.51. The van der Waals surface area contributed by atoms with E-state index in [0.717, 1.165) is 19.4 Å². The van der Waals surface area contributed by atoms with Gasteiger partial charge < -0.3 is 5.32 Å². The van der Waals surface area contributed by atoms with Crippen molar-refractivity contribution in [1.29, 1.82) is 0 Å². The third-order valence-corrected chi connectivity index (χ3v) is 4.97. The fourth-order valence-electron chi connectivity index (χ4n) is 1.60. The molecule has 5 nitrogen and oxygen atoms in total. The van der Waals surface area contributed by atoms with Crippen molar-refractivity contribution in [3.05, 3.63) is 18.3 Å². The number of anilines is 1. The highest BCUT2D eigenvalue weighted by atomic mass is 32.2. The number of rotatable bonds is 7. The molecule has 0 aliphatic carbocycles. The predicted octanol–water partition coefficient (Wildman–Crippen LogP) is 2.37. The molecule has 0 aliphatic heterocycles. The third kappa shape index (κ3) is 4.18. The van der Waals surface area contributed by atoms with E-state index in [0.29, 0.717) is 5.82 Å². The van der Waals surface area contributed by atoms with Crippen LogP contribution in [-0.4, -0.2) is 25.5 Å². The number of nitrogens with one attached hydrogen (secondary N) is 2.